The first kappa shape index (κ1) is 30.3. The lowest BCUT2D eigenvalue weighted by molar-refractivity contribution is -0.156. The van der Waals surface area contributed by atoms with Crippen molar-refractivity contribution in [2.75, 3.05) is 0 Å². The van der Waals surface area contributed by atoms with Crippen LogP contribution in [0.3, 0.4) is 0 Å². The molecule has 42 heavy (non-hydrogen) atoms. The molecule has 5 N–H and O–H groups in total. The van der Waals surface area contributed by atoms with Gasteiger partial charge in [0.15, 0.2) is 0 Å². The highest BCUT2D eigenvalue weighted by molar-refractivity contribution is 6.00. The lowest BCUT2D eigenvalue weighted by atomic mass is 9.91. The minimum Gasteiger partial charge on any atom is -0.507 e. The van der Waals surface area contributed by atoms with E-state index < -0.39 is 59.9 Å². The zero-order chi connectivity index (χ0) is 30.2. The zero-order valence-electron chi connectivity index (χ0n) is 23.4. The Labute approximate surface area is 244 Å². The van der Waals surface area contributed by atoms with Gasteiger partial charge in [0.1, 0.15) is 23.9 Å². The van der Waals surface area contributed by atoms with Gasteiger partial charge in [-0.25, -0.2) is 4.79 Å². The highest BCUT2D eigenvalue weighted by atomic mass is 16.5. The monoisotopic (exact) mass is 573 g/mol. The molecule has 1 aliphatic rings. The fourth-order valence-corrected chi connectivity index (χ4v) is 4.86. The number of hydrogen-bond acceptors (Lipinski definition) is 7. The highest BCUT2D eigenvalue weighted by Gasteiger charge is 2.39. The molecular weight excluding hydrogens is 538 g/mol. The fourth-order valence-electron chi connectivity index (χ4n) is 4.86. The Morgan fingerprint density at radius 2 is 1.38 bits per heavy atom. The molecule has 6 unspecified atom stereocenters. The Morgan fingerprint density at radius 3 is 2.00 bits per heavy atom. The molecule has 3 aromatic carbocycles. The van der Waals surface area contributed by atoms with Gasteiger partial charge < -0.3 is 30.9 Å². The highest BCUT2D eigenvalue weighted by Crippen LogP contribution is 2.19. The van der Waals surface area contributed by atoms with E-state index in [0.29, 0.717) is 0 Å². The second kappa shape index (κ2) is 13.8. The number of aliphatic hydroxyl groups excluding tert-OH is 1. The van der Waals surface area contributed by atoms with Crippen LogP contribution in [0.4, 0.5) is 0 Å². The number of nitrogens with one attached hydrogen (secondary N) is 3. The van der Waals surface area contributed by atoms with E-state index in [1.54, 1.807) is 36.4 Å². The smallest absolute Gasteiger partial charge is 0.329 e. The van der Waals surface area contributed by atoms with E-state index in [2.05, 4.69) is 16.0 Å². The number of amides is 3. The van der Waals surface area contributed by atoms with Gasteiger partial charge in [0.25, 0.3) is 5.91 Å². The molecule has 0 saturated carbocycles. The fraction of sp³-hybridized carbons (Fsp3) is 0.312. The minimum atomic E-state index is -1.39. The largest absolute Gasteiger partial charge is 0.507 e. The number of carbonyl (C=O) groups excluding carboxylic acids is 4. The molecule has 10 nitrogen and oxygen atoms in total. The maximum Gasteiger partial charge on any atom is 0.329 e. The number of ether oxygens (including phenoxy) is 1. The van der Waals surface area contributed by atoms with Crippen molar-refractivity contribution >= 4 is 23.7 Å². The molecule has 1 heterocycles. The molecule has 220 valence electrons. The summed E-state index contributed by atoms with van der Waals surface area (Å²) in [5.74, 6) is -4.18. The number of carbonyl (C=O) groups is 4. The normalized spacial score (nSPS) is 25.2. The molecule has 0 aromatic heterocycles. The van der Waals surface area contributed by atoms with Crippen molar-refractivity contribution in [2.24, 2.45) is 5.92 Å². The molecular formula is C32H35N3O7. The van der Waals surface area contributed by atoms with Crippen LogP contribution in [0.25, 0.3) is 0 Å². The number of phenolic OH excluding ortho intramolecular Hbond substituents is 1. The van der Waals surface area contributed by atoms with Crippen LogP contribution in [0.2, 0.25) is 0 Å². The van der Waals surface area contributed by atoms with Gasteiger partial charge in [-0.2, -0.15) is 0 Å². The van der Waals surface area contributed by atoms with E-state index >= 15 is 0 Å². The van der Waals surface area contributed by atoms with Gasteiger partial charge in [-0.05, 0) is 36.6 Å². The summed E-state index contributed by atoms with van der Waals surface area (Å²) in [6, 6.07) is 20.6. The number of aromatic hydroxyl groups is 1. The van der Waals surface area contributed by atoms with Crippen LogP contribution in [0, 0.1) is 5.92 Å². The van der Waals surface area contributed by atoms with Gasteiger partial charge in [0, 0.05) is 6.42 Å². The average molecular weight is 574 g/mol. The van der Waals surface area contributed by atoms with Crippen LogP contribution in [-0.4, -0.2) is 64.2 Å². The number of rotatable bonds is 6. The van der Waals surface area contributed by atoms with Crippen LogP contribution in [0.15, 0.2) is 84.9 Å². The summed E-state index contributed by atoms with van der Waals surface area (Å²) in [5.41, 5.74) is 1.49. The van der Waals surface area contributed by atoms with Gasteiger partial charge >= 0.3 is 5.97 Å². The van der Waals surface area contributed by atoms with E-state index in [-0.39, 0.29) is 24.2 Å². The first-order valence-corrected chi connectivity index (χ1v) is 13.8. The van der Waals surface area contributed by atoms with E-state index in [4.69, 9.17) is 4.74 Å². The van der Waals surface area contributed by atoms with Crippen LogP contribution in [-0.2, 0) is 32.0 Å². The summed E-state index contributed by atoms with van der Waals surface area (Å²) in [7, 11) is 0. The van der Waals surface area contributed by atoms with Crippen molar-refractivity contribution in [1.29, 1.82) is 0 Å². The molecule has 3 aromatic rings. The van der Waals surface area contributed by atoms with E-state index in [9.17, 15) is 29.4 Å². The third-order valence-electron chi connectivity index (χ3n) is 7.34. The lowest BCUT2D eigenvalue weighted by Crippen LogP contribution is -2.60. The van der Waals surface area contributed by atoms with Gasteiger partial charge in [0.2, 0.25) is 11.8 Å². The summed E-state index contributed by atoms with van der Waals surface area (Å²) < 4.78 is 5.67. The van der Waals surface area contributed by atoms with E-state index in [0.717, 1.165) is 11.1 Å². The number of para-hydroxylation sites is 1. The van der Waals surface area contributed by atoms with Crippen LogP contribution in [0.1, 0.15) is 35.3 Å². The molecule has 0 spiro atoms. The molecule has 0 aliphatic carbocycles. The van der Waals surface area contributed by atoms with Crippen LogP contribution >= 0.6 is 0 Å². The minimum absolute atomic E-state index is 0.0707. The second-order valence-corrected chi connectivity index (χ2v) is 10.4. The van der Waals surface area contributed by atoms with Gasteiger partial charge in [-0.3, -0.25) is 14.4 Å². The Balaban J connectivity index is 1.69. The molecule has 0 bridgehead atoms. The standard InChI is InChI=1S/C32H35N3O7/c1-19-28(37)24(17-21-11-5-3-6-12-21)33-31(40)27(35-30(39)23-15-9-10-16-26(23)36)20(2)42-32(41)25(34-29(19)38)18-22-13-7-4-8-14-22/h3-16,19-20,24-25,27-28,36-37H,17-18H2,1-2H3,(H,33,40)(H,34,38)(H,35,39). The van der Waals surface area contributed by atoms with Crippen molar-refractivity contribution in [2.45, 2.75) is 57.0 Å². The number of esters is 1. The van der Waals surface area contributed by atoms with E-state index in [1.807, 2.05) is 36.4 Å². The van der Waals surface area contributed by atoms with Gasteiger partial charge in [-0.1, -0.05) is 79.7 Å². The quantitative estimate of drug-likeness (QED) is 0.282. The molecule has 1 aliphatic heterocycles. The third kappa shape index (κ3) is 7.52. The number of cyclic esters (lactones) is 1. The van der Waals surface area contributed by atoms with Crippen molar-refractivity contribution in [3.63, 3.8) is 0 Å². The SMILES string of the molecule is CC1OC(=O)C(Cc2ccccc2)NC(=O)C(C)C(O)C(Cc2ccccc2)NC(=O)C1NC(=O)c1ccccc1O. The Morgan fingerprint density at radius 1 is 0.810 bits per heavy atom. The van der Waals surface area contributed by atoms with Crippen molar-refractivity contribution in [3.8, 4) is 5.75 Å². The second-order valence-electron chi connectivity index (χ2n) is 10.4. The number of aliphatic hydroxyl groups is 1. The predicted octanol–water partition coefficient (Wildman–Crippen LogP) is 1.89. The van der Waals surface area contributed by atoms with Crippen LogP contribution in [0.5, 0.6) is 5.75 Å². The lowest BCUT2D eigenvalue weighted by Gasteiger charge is -2.33. The maximum atomic E-state index is 13.7. The first-order chi connectivity index (χ1) is 20.1. The van der Waals surface area contributed by atoms with Gasteiger partial charge in [-0.15, -0.1) is 0 Å². The van der Waals surface area contributed by atoms with Crippen molar-refractivity contribution in [1.82, 2.24) is 16.0 Å². The number of phenols is 1. The molecule has 1 saturated heterocycles. The summed E-state index contributed by atoms with van der Waals surface area (Å²) in [6.45, 7) is 2.96. The summed E-state index contributed by atoms with van der Waals surface area (Å²) in [4.78, 5) is 53.5. The molecule has 6 atom stereocenters. The molecule has 3 amide bonds. The summed E-state index contributed by atoms with van der Waals surface area (Å²) >= 11 is 0. The molecule has 10 heteroatoms. The Bertz CT molecular complexity index is 1400. The molecule has 0 radical (unpaired) electrons. The average Bonchev–Trinajstić information content (AvgIpc) is 2.99. The van der Waals surface area contributed by atoms with E-state index in [1.165, 1.54) is 26.0 Å². The van der Waals surface area contributed by atoms with Crippen molar-refractivity contribution in [3.05, 3.63) is 102 Å². The summed E-state index contributed by atoms with van der Waals surface area (Å²) in [5, 5.41) is 29.6. The Kier molecular flexibility index (Phi) is 9.93. The molecule has 1 fully saturated rings. The van der Waals surface area contributed by atoms with Crippen molar-refractivity contribution < 1.29 is 34.1 Å². The third-order valence-corrected chi connectivity index (χ3v) is 7.34. The van der Waals surface area contributed by atoms with Crippen LogP contribution < -0.4 is 16.0 Å². The molecule has 4 rings (SSSR count). The topological polar surface area (TPSA) is 154 Å². The van der Waals surface area contributed by atoms with Gasteiger partial charge in [0.05, 0.1) is 23.6 Å². The number of hydrogen-bond donors (Lipinski definition) is 5. The Hall–Kier alpha value is -4.70. The maximum absolute atomic E-state index is 13.7. The number of benzene rings is 3. The first-order valence-electron chi connectivity index (χ1n) is 13.8. The zero-order valence-corrected chi connectivity index (χ0v) is 23.4. The predicted molar refractivity (Wildman–Crippen MR) is 154 cm³/mol. The summed E-state index contributed by atoms with van der Waals surface area (Å²) in [6.07, 6.45) is -2.23.